The minimum Gasteiger partial charge on any atom is -0.462 e. The first-order valence-electron chi connectivity index (χ1n) is 19.1. The molecule has 0 aromatic rings. The number of carbonyl (C=O) groups is 3. The van der Waals surface area contributed by atoms with Crippen molar-refractivity contribution in [3.05, 3.63) is 12.2 Å². The number of aliphatic hydroxyl groups excluding tert-OH is 1. The molecule has 0 heterocycles. The number of ketones is 1. The van der Waals surface area contributed by atoms with E-state index in [9.17, 15) is 19.5 Å². The van der Waals surface area contributed by atoms with Gasteiger partial charge in [-0.25, -0.2) is 0 Å². The van der Waals surface area contributed by atoms with Crippen molar-refractivity contribution in [2.75, 3.05) is 6.61 Å². The molecule has 6 heteroatoms. The molecule has 45 heavy (non-hydrogen) atoms. The first-order valence-corrected chi connectivity index (χ1v) is 19.1. The zero-order valence-corrected chi connectivity index (χ0v) is 29.8. The molecule has 0 saturated carbocycles. The van der Waals surface area contributed by atoms with Gasteiger partial charge in [-0.2, -0.15) is 0 Å². The Morgan fingerprint density at radius 3 is 1.36 bits per heavy atom. The van der Waals surface area contributed by atoms with Crippen molar-refractivity contribution in [1.29, 1.82) is 0 Å². The Bertz CT molecular complexity index is 718. The largest absolute Gasteiger partial charge is 0.462 e. The van der Waals surface area contributed by atoms with E-state index in [-0.39, 0.29) is 25.2 Å². The zero-order valence-electron chi connectivity index (χ0n) is 29.8. The van der Waals surface area contributed by atoms with Crippen LogP contribution in [0.4, 0.5) is 0 Å². The molecule has 0 rings (SSSR count). The average molecular weight is 637 g/mol. The maximum absolute atomic E-state index is 12.6. The smallest absolute Gasteiger partial charge is 0.306 e. The molecule has 0 aliphatic rings. The Morgan fingerprint density at radius 2 is 0.933 bits per heavy atom. The summed E-state index contributed by atoms with van der Waals surface area (Å²) in [5.74, 6) is -1.36. The van der Waals surface area contributed by atoms with Gasteiger partial charge in [0.2, 0.25) is 0 Å². The van der Waals surface area contributed by atoms with Crippen LogP contribution < -0.4 is 0 Å². The van der Waals surface area contributed by atoms with Gasteiger partial charge in [0.05, 0.1) is 0 Å². The second-order valence-electron chi connectivity index (χ2n) is 13.1. The van der Waals surface area contributed by atoms with Crippen LogP contribution in [0.25, 0.3) is 0 Å². The van der Waals surface area contributed by atoms with Crippen molar-refractivity contribution in [3.8, 4) is 0 Å². The highest BCUT2D eigenvalue weighted by Crippen LogP contribution is 2.15. The van der Waals surface area contributed by atoms with Gasteiger partial charge in [-0.05, 0) is 38.5 Å². The van der Waals surface area contributed by atoms with Crippen molar-refractivity contribution in [2.45, 2.75) is 213 Å². The standard InChI is InChI=1S/C39H72O6/c1-4-6-8-10-12-14-16-18-19-21-23-25-27-29-31-33-38(42)45-37(34-44-35(3)40)39(43)36(41)32-30-28-26-24-22-20-17-15-13-11-9-7-5-2/h18-19,37,39,43H,4-17,20-34H2,1-3H3/b19-18-. The summed E-state index contributed by atoms with van der Waals surface area (Å²) in [6.07, 6.45) is 33.6. The molecule has 0 fully saturated rings. The Hall–Kier alpha value is -1.69. The third-order valence-corrected chi connectivity index (χ3v) is 8.59. The Kier molecular flexibility index (Phi) is 32.4. The molecule has 0 spiro atoms. The third kappa shape index (κ3) is 30.7. The highest BCUT2D eigenvalue weighted by atomic mass is 16.6. The average Bonchev–Trinajstić information content (AvgIpc) is 3.02. The van der Waals surface area contributed by atoms with E-state index in [0.717, 1.165) is 44.9 Å². The number of aliphatic hydroxyl groups is 1. The first-order chi connectivity index (χ1) is 21.9. The quantitative estimate of drug-likeness (QED) is 0.0429. The van der Waals surface area contributed by atoms with Gasteiger partial charge < -0.3 is 14.6 Å². The van der Waals surface area contributed by atoms with Crippen molar-refractivity contribution < 1.29 is 29.0 Å². The normalized spacial score (nSPS) is 12.8. The number of esters is 2. The summed E-state index contributed by atoms with van der Waals surface area (Å²) in [5.41, 5.74) is 0. The van der Waals surface area contributed by atoms with E-state index in [0.29, 0.717) is 12.8 Å². The highest BCUT2D eigenvalue weighted by molar-refractivity contribution is 5.84. The molecule has 264 valence electrons. The molecule has 6 nitrogen and oxygen atoms in total. The minimum absolute atomic E-state index is 0.231. The Balaban J connectivity index is 4.02. The predicted octanol–water partition coefficient (Wildman–Crippen LogP) is 10.9. The molecule has 2 unspecified atom stereocenters. The Morgan fingerprint density at radius 1 is 0.556 bits per heavy atom. The van der Waals surface area contributed by atoms with E-state index >= 15 is 0 Å². The van der Waals surface area contributed by atoms with Gasteiger partial charge in [0.25, 0.3) is 0 Å². The minimum atomic E-state index is -1.47. The number of hydrogen-bond acceptors (Lipinski definition) is 6. The number of hydrogen-bond donors (Lipinski definition) is 1. The van der Waals surface area contributed by atoms with E-state index in [1.54, 1.807) is 0 Å². The van der Waals surface area contributed by atoms with Crippen molar-refractivity contribution in [3.63, 3.8) is 0 Å². The van der Waals surface area contributed by atoms with E-state index in [2.05, 4.69) is 26.0 Å². The number of unbranched alkanes of at least 4 members (excludes halogenated alkanes) is 23. The number of ether oxygens (including phenoxy) is 2. The zero-order chi connectivity index (χ0) is 33.2. The van der Waals surface area contributed by atoms with Crippen LogP contribution >= 0.6 is 0 Å². The topological polar surface area (TPSA) is 89.9 Å². The predicted molar refractivity (Wildman–Crippen MR) is 187 cm³/mol. The molecular formula is C39H72O6. The fraction of sp³-hybridized carbons (Fsp3) is 0.872. The fourth-order valence-corrected chi connectivity index (χ4v) is 5.63. The van der Waals surface area contributed by atoms with Gasteiger partial charge in [-0.1, -0.05) is 154 Å². The van der Waals surface area contributed by atoms with Crippen molar-refractivity contribution >= 4 is 17.7 Å². The Labute approximate surface area is 277 Å². The van der Waals surface area contributed by atoms with Gasteiger partial charge in [0, 0.05) is 19.8 Å². The molecule has 2 atom stereocenters. The molecule has 0 aromatic heterocycles. The molecule has 0 bridgehead atoms. The van der Waals surface area contributed by atoms with E-state index in [1.165, 1.54) is 116 Å². The van der Waals surface area contributed by atoms with Crippen molar-refractivity contribution in [1.82, 2.24) is 0 Å². The summed E-state index contributed by atoms with van der Waals surface area (Å²) in [6, 6.07) is 0. The molecule has 0 amide bonds. The third-order valence-electron chi connectivity index (χ3n) is 8.59. The fourth-order valence-electron chi connectivity index (χ4n) is 5.63. The summed E-state index contributed by atoms with van der Waals surface area (Å²) in [6.45, 7) is 5.45. The van der Waals surface area contributed by atoms with Gasteiger partial charge in [-0.15, -0.1) is 0 Å². The maximum Gasteiger partial charge on any atom is 0.306 e. The number of Topliss-reactive ketones (excluding diaryl/α,β-unsaturated/α-hetero) is 1. The van der Waals surface area contributed by atoms with Crippen LogP contribution in [0.2, 0.25) is 0 Å². The summed E-state index contributed by atoms with van der Waals surface area (Å²) in [7, 11) is 0. The SMILES string of the molecule is CCCCCCCC/C=C\CCCCCCCC(=O)OC(COC(C)=O)C(O)C(=O)CCCCCCCCCCCCCCC. The lowest BCUT2D eigenvalue weighted by Crippen LogP contribution is -2.41. The highest BCUT2D eigenvalue weighted by Gasteiger charge is 2.30. The molecule has 0 aliphatic heterocycles. The van der Waals surface area contributed by atoms with Crippen LogP contribution in [0.15, 0.2) is 12.2 Å². The number of rotatable bonds is 34. The van der Waals surface area contributed by atoms with Crippen LogP contribution in [-0.2, 0) is 23.9 Å². The van der Waals surface area contributed by atoms with E-state index < -0.39 is 24.1 Å². The molecule has 0 radical (unpaired) electrons. The summed E-state index contributed by atoms with van der Waals surface area (Å²) in [5, 5.41) is 10.6. The first kappa shape index (κ1) is 43.3. The lowest BCUT2D eigenvalue weighted by molar-refractivity contribution is -0.168. The second kappa shape index (κ2) is 33.7. The van der Waals surface area contributed by atoms with Crippen molar-refractivity contribution in [2.24, 2.45) is 0 Å². The number of carbonyl (C=O) groups excluding carboxylic acids is 3. The van der Waals surface area contributed by atoms with Crippen LogP contribution in [0, 0.1) is 0 Å². The molecular weight excluding hydrogens is 564 g/mol. The van der Waals surface area contributed by atoms with Gasteiger partial charge in [0.15, 0.2) is 18.0 Å². The second-order valence-corrected chi connectivity index (χ2v) is 13.1. The summed E-state index contributed by atoms with van der Waals surface area (Å²) < 4.78 is 10.4. The van der Waals surface area contributed by atoms with Crippen LogP contribution in [0.3, 0.4) is 0 Å². The van der Waals surface area contributed by atoms with Gasteiger partial charge in [0.1, 0.15) is 6.61 Å². The lowest BCUT2D eigenvalue weighted by Gasteiger charge is -2.22. The van der Waals surface area contributed by atoms with Crippen LogP contribution in [0.1, 0.15) is 201 Å². The monoisotopic (exact) mass is 637 g/mol. The van der Waals surface area contributed by atoms with Gasteiger partial charge >= 0.3 is 11.9 Å². The summed E-state index contributed by atoms with van der Waals surface area (Å²) >= 11 is 0. The lowest BCUT2D eigenvalue weighted by atomic mass is 10.0. The molecule has 0 aliphatic carbocycles. The molecule has 1 N–H and O–H groups in total. The van der Waals surface area contributed by atoms with Crippen LogP contribution in [0.5, 0.6) is 0 Å². The molecule has 0 saturated heterocycles. The van der Waals surface area contributed by atoms with Crippen LogP contribution in [-0.4, -0.2) is 41.6 Å². The maximum atomic E-state index is 12.6. The number of allylic oxidation sites excluding steroid dienone is 2. The van der Waals surface area contributed by atoms with E-state index in [4.69, 9.17) is 9.47 Å². The molecule has 0 aromatic carbocycles. The van der Waals surface area contributed by atoms with Gasteiger partial charge in [-0.3, -0.25) is 14.4 Å². The van der Waals surface area contributed by atoms with E-state index in [1.807, 2.05) is 0 Å². The summed E-state index contributed by atoms with van der Waals surface area (Å²) in [4.78, 5) is 36.4.